The van der Waals surface area contributed by atoms with E-state index in [2.05, 4.69) is 5.32 Å². The van der Waals surface area contributed by atoms with Crippen LogP contribution in [0.15, 0.2) is 18.2 Å². The molecule has 0 spiro atoms. The molecule has 26 heavy (non-hydrogen) atoms. The molecule has 1 aliphatic rings. The van der Waals surface area contributed by atoms with E-state index >= 15 is 0 Å². The third-order valence-electron chi connectivity index (χ3n) is 4.90. The molecular weight excluding hydrogens is 334 g/mol. The van der Waals surface area contributed by atoms with Gasteiger partial charge >= 0.3 is 5.97 Å². The normalized spacial score (nSPS) is 20.9. The van der Waals surface area contributed by atoms with Gasteiger partial charge in [0.05, 0.1) is 25.7 Å². The van der Waals surface area contributed by atoms with Crippen molar-refractivity contribution in [3.05, 3.63) is 23.8 Å². The molecule has 2 N–H and O–H groups in total. The lowest BCUT2D eigenvalue weighted by atomic mass is 9.81. The second kappa shape index (κ2) is 9.46. The van der Waals surface area contributed by atoms with Gasteiger partial charge in [0, 0.05) is 5.92 Å². The van der Waals surface area contributed by atoms with Crippen molar-refractivity contribution in [1.82, 2.24) is 5.32 Å². The second-order valence-electron chi connectivity index (χ2n) is 6.89. The van der Waals surface area contributed by atoms with Crippen LogP contribution in [0.3, 0.4) is 0 Å². The Hall–Kier alpha value is -2.24. The van der Waals surface area contributed by atoms with E-state index in [1.165, 1.54) is 0 Å². The topological polar surface area (TPSA) is 84.9 Å². The summed E-state index contributed by atoms with van der Waals surface area (Å²) >= 11 is 0. The van der Waals surface area contributed by atoms with Crippen LogP contribution in [0.25, 0.3) is 0 Å². The fraction of sp³-hybridized carbons (Fsp3) is 0.600. The Kier molecular flexibility index (Phi) is 7.30. The lowest BCUT2D eigenvalue weighted by molar-refractivity contribution is -0.144. The quantitative estimate of drug-likeness (QED) is 0.738. The van der Waals surface area contributed by atoms with Crippen LogP contribution in [0.1, 0.15) is 57.6 Å². The minimum absolute atomic E-state index is 0.0753. The van der Waals surface area contributed by atoms with E-state index in [0.717, 1.165) is 24.8 Å². The Morgan fingerprint density at radius 3 is 2.65 bits per heavy atom. The van der Waals surface area contributed by atoms with Crippen LogP contribution in [0.5, 0.6) is 11.5 Å². The van der Waals surface area contributed by atoms with Gasteiger partial charge in [-0.1, -0.05) is 19.4 Å². The van der Waals surface area contributed by atoms with Crippen LogP contribution in [-0.4, -0.2) is 30.7 Å². The molecule has 3 atom stereocenters. The van der Waals surface area contributed by atoms with E-state index in [0.29, 0.717) is 30.9 Å². The number of carboxylic acid groups (broad SMARTS) is 1. The minimum Gasteiger partial charge on any atom is -0.493 e. The summed E-state index contributed by atoms with van der Waals surface area (Å²) < 4.78 is 11.0. The first kappa shape index (κ1) is 20.1. The molecule has 0 aromatic heterocycles. The van der Waals surface area contributed by atoms with Crippen LogP contribution in [0.4, 0.5) is 0 Å². The first-order valence-corrected chi connectivity index (χ1v) is 9.30. The summed E-state index contributed by atoms with van der Waals surface area (Å²) in [5.41, 5.74) is 0.921. The SMILES string of the molecule is CCCOc1ccc(C(C)NC(=O)C2CCCC(C(=O)O)C2)cc1OC. The number of nitrogens with one attached hydrogen (secondary N) is 1. The lowest BCUT2D eigenvalue weighted by Crippen LogP contribution is -2.36. The fourth-order valence-electron chi connectivity index (χ4n) is 3.35. The van der Waals surface area contributed by atoms with E-state index in [-0.39, 0.29) is 17.9 Å². The highest BCUT2D eigenvalue weighted by Gasteiger charge is 2.31. The van der Waals surface area contributed by atoms with Crippen molar-refractivity contribution in [3.8, 4) is 11.5 Å². The third-order valence-corrected chi connectivity index (χ3v) is 4.90. The first-order chi connectivity index (χ1) is 12.5. The van der Waals surface area contributed by atoms with Crippen LogP contribution >= 0.6 is 0 Å². The highest BCUT2D eigenvalue weighted by molar-refractivity contribution is 5.80. The predicted octanol–water partition coefficient (Wildman–Crippen LogP) is 3.55. The summed E-state index contributed by atoms with van der Waals surface area (Å²) in [5.74, 6) is -0.197. The molecule has 3 unspecified atom stereocenters. The first-order valence-electron chi connectivity index (χ1n) is 9.30. The van der Waals surface area contributed by atoms with Gasteiger partial charge in [-0.3, -0.25) is 9.59 Å². The summed E-state index contributed by atoms with van der Waals surface area (Å²) in [4.78, 5) is 23.7. The van der Waals surface area contributed by atoms with E-state index in [4.69, 9.17) is 9.47 Å². The molecule has 1 amide bonds. The van der Waals surface area contributed by atoms with Crippen molar-refractivity contribution in [3.63, 3.8) is 0 Å². The molecule has 1 aromatic rings. The van der Waals surface area contributed by atoms with E-state index in [9.17, 15) is 14.7 Å². The zero-order chi connectivity index (χ0) is 19.1. The molecule has 0 aliphatic heterocycles. The van der Waals surface area contributed by atoms with Crippen LogP contribution in [-0.2, 0) is 9.59 Å². The number of aliphatic carboxylic acids is 1. The number of carbonyl (C=O) groups is 2. The minimum atomic E-state index is -0.803. The Labute approximate surface area is 154 Å². The van der Waals surface area contributed by atoms with Crippen molar-refractivity contribution in [2.75, 3.05) is 13.7 Å². The van der Waals surface area contributed by atoms with Crippen molar-refractivity contribution >= 4 is 11.9 Å². The molecule has 144 valence electrons. The van der Waals surface area contributed by atoms with Crippen molar-refractivity contribution < 1.29 is 24.2 Å². The molecule has 1 fully saturated rings. The van der Waals surface area contributed by atoms with Crippen LogP contribution in [0, 0.1) is 11.8 Å². The molecule has 2 rings (SSSR count). The summed E-state index contributed by atoms with van der Waals surface area (Å²) in [6.45, 7) is 4.57. The smallest absolute Gasteiger partial charge is 0.306 e. The standard InChI is InChI=1S/C20H29NO5/c1-4-10-26-17-9-8-14(12-18(17)25-3)13(2)21-19(22)15-6-5-7-16(11-15)20(23)24/h8-9,12-13,15-16H,4-7,10-11H2,1-3H3,(H,21,22)(H,23,24). The van der Waals surface area contributed by atoms with Gasteiger partial charge in [0.1, 0.15) is 0 Å². The number of hydrogen-bond acceptors (Lipinski definition) is 4. The van der Waals surface area contributed by atoms with Crippen LogP contribution < -0.4 is 14.8 Å². The monoisotopic (exact) mass is 363 g/mol. The summed E-state index contributed by atoms with van der Waals surface area (Å²) in [7, 11) is 1.59. The number of hydrogen-bond donors (Lipinski definition) is 2. The van der Waals surface area contributed by atoms with E-state index < -0.39 is 11.9 Å². The average Bonchev–Trinajstić information content (AvgIpc) is 2.66. The lowest BCUT2D eigenvalue weighted by Gasteiger charge is -2.27. The Balaban J connectivity index is 2.01. The molecule has 0 heterocycles. The molecule has 0 radical (unpaired) electrons. The maximum Gasteiger partial charge on any atom is 0.306 e. The number of carboxylic acids is 1. The maximum absolute atomic E-state index is 12.6. The number of amides is 1. The molecule has 1 saturated carbocycles. The third kappa shape index (κ3) is 5.13. The summed E-state index contributed by atoms with van der Waals surface area (Å²) in [6, 6.07) is 5.45. The molecule has 6 heteroatoms. The van der Waals surface area contributed by atoms with Gasteiger partial charge < -0.3 is 19.9 Å². The van der Waals surface area contributed by atoms with Gasteiger partial charge in [0.15, 0.2) is 11.5 Å². The zero-order valence-corrected chi connectivity index (χ0v) is 15.8. The van der Waals surface area contributed by atoms with Gasteiger partial charge in [-0.2, -0.15) is 0 Å². The zero-order valence-electron chi connectivity index (χ0n) is 15.8. The molecule has 1 aromatic carbocycles. The highest BCUT2D eigenvalue weighted by Crippen LogP contribution is 2.32. The number of benzene rings is 1. The van der Waals surface area contributed by atoms with Gasteiger partial charge in [0.2, 0.25) is 5.91 Å². The second-order valence-corrected chi connectivity index (χ2v) is 6.89. The Morgan fingerprint density at radius 2 is 2.00 bits per heavy atom. The molecular formula is C20H29NO5. The van der Waals surface area contributed by atoms with Gasteiger partial charge in [0.25, 0.3) is 0 Å². The number of carbonyl (C=O) groups excluding carboxylic acids is 1. The number of ether oxygens (including phenoxy) is 2. The average molecular weight is 363 g/mol. The van der Waals surface area contributed by atoms with Crippen molar-refractivity contribution in [1.29, 1.82) is 0 Å². The molecule has 6 nitrogen and oxygen atoms in total. The fourth-order valence-corrected chi connectivity index (χ4v) is 3.35. The summed E-state index contributed by atoms with van der Waals surface area (Å²) in [5, 5.41) is 12.2. The largest absolute Gasteiger partial charge is 0.493 e. The predicted molar refractivity (Wildman–Crippen MR) is 98.4 cm³/mol. The van der Waals surface area contributed by atoms with Crippen molar-refractivity contribution in [2.24, 2.45) is 11.8 Å². The van der Waals surface area contributed by atoms with Gasteiger partial charge in [-0.25, -0.2) is 0 Å². The van der Waals surface area contributed by atoms with Crippen molar-refractivity contribution in [2.45, 2.75) is 52.0 Å². The highest BCUT2D eigenvalue weighted by atomic mass is 16.5. The van der Waals surface area contributed by atoms with Gasteiger partial charge in [-0.05, 0) is 50.3 Å². The molecule has 0 saturated heterocycles. The maximum atomic E-state index is 12.6. The Bertz CT molecular complexity index is 631. The number of rotatable bonds is 8. The summed E-state index contributed by atoms with van der Waals surface area (Å²) in [6.07, 6.45) is 3.51. The Morgan fingerprint density at radius 1 is 1.27 bits per heavy atom. The number of methoxy groups -OCH3 is 1. The molecule has 1 aliphatic carbocycles. The van der Waals surface area contributed by atoms with Crippen LogP contribution in [0.2, 0.25) is 0 Å². The van der Waals surface area contributed by atoms with E-state index in [1.54, 1.807) is 7.11 Å². The molecule has 0 bridgehead atoms. The van der Waals surface area contributed by atoms with Gasteiger partial charge in [-0.15, -0.1) is 0 Å². The van der Waals surface area contributed by atoms with E-state index in [1.807, 2.05) is 32.0 Å².